The zero-order valence-electron chi connectivity index (χ0n) is 12.2. The number of furan rings is 1. The van der Waals surface area contributed by atoms with Gasteiger partial charge in [-0.25, -0.2) is 0 Å². The van der Waals surface area contributed by atoms with E-state index in [1.807, 2.05) is 32.0 Å². The van der Waals surface area contributed by atoms with Crippen molar-refractivity contribution >= 4 is 11.6 Å². The summed E-state index contributed by atoms with van der Waals surface area (Å²) in [5.41, 5.74) is 8.56. The van der Waals surface area contributed by atoms with Crippen molar-refractivity contribution in [1.82, 2.24) is 0 Å². The zero-order valence-corrected chi connectivity index (χ0v) is 12.2. The predicted octanol–water partition coefficient (Wildman–Crippen LogP) is 2.71. The Kier molecular flexibility index (Phi) is 4.81. The van der Waals surface area contributed by atoms with E-state index in [0.717, 1.165) is 11.1 Å². The van der Waals surface area contributed by atoms with Crippen molar-refractivity contribution in [2.45, 2.75) is 20.3 Å². The molecule has 1 heterocycles. The van der Waals surface area contributed by atoms with E-state index in [4.69, 9.17) is 10.2 Å². The number of carbonyl (C=O) groups excluding carboxylic acids is 1. The fourth-order valence-corrected chi connectivity index (χ4v) is 2.00. The molecular formula is C17H18N2O2. The summed E-state index contributed by atoms with van der Waals surface area (Å²) in [6, 6.07) is 7.30. The number of aryl methyl sites for hydroxylation is 2. The lowest BCUT2D eigenvalue weighted by atomic mass is 10.1. The summed E-state index contributed by atoms with van der Waals surface area (Å²) in [7, 11) is 0. The van der Waals surface area contributed by atoms with Crippen molar-refractivity contribution in [3.8, 4) is 11.8 Å². The topological polar surface area (TPSA) is 68.3 Å². The third-order valence-electron chi connectivity index (χ3n) is 3.13. The van der Waals surface area contributed by atoms with E-state index in [1.165, 1.54) is 6.26 Å². The highest BCUT2D eigenvalue weighted by Gasteiger charge is 2.13. The Morgan fingerprint density at radius 3 is 2.90 bits per heavy atom. The summed E-state index contributed by atoms with van der Waals surface area (Å²) in [5, 5.41) is 2.87. The van der Waals surface area contributed by atoms with Crippen LogP contribution in [-0.2, 0) is 6.42 Å². The van der Waals surface area contributed by atoms with Crippen molar-refractivity contribution in [2.75, 3.05) is 11.9 Å². The average Bonchev–Trinajstić information content (AvgIpc) is 2.96. The van der Waals surface area contributed by atoms with Crippen molar-refractivity contribution in [1.29, 1.82) is 0 Å². The maximum atomic E-state index is 12.2. The van der Waals surface area contributed by atoms with Gasteiger partial charge in [-0.3, -0.25) is 4.79 Å². The Bertz CT molecular complexity index is 705. The Labute approximate surface area is 124 Å². The number of amides is 1. The quantitative estimate of drug-likeness (QED) is 0.850. The van der Waals surface area contributed by atoms with E-state index in [9.17, 15) is 4.79 Å². The lowest BCUT2D eigenvalue weighted by Gasteiger charge is -2.07. The van der Waals surface area contributed by atoms with Crippen molar-refractivity contribution in [3.05, 3.63) is 53.0 Å². The van der Waals surface area contributed by atoms with Crippen LogP contribution >= 0.6 is 0 Å². The number of nitrogens with one attached hydrogen (secondary N) is 1. The van der Waals surface area contributed by atoms with E-state index in [2.05, 4.69) is 17.2 Å². The van der Waals surface area contributed by atoms with Gasteiger partial charge >= 0.3 is 0 Å². The second kappa shape index (κ2) is 6.78. The van der Waals surface area contributed by atoms with Crippen LogP contribution in [0.15, 0.2) is 34.9 Å². The minimum atomic E-state index is -0.179. The van der Waals surface area contributed by atoms with Crippen LogP contribution in [-0.4, -0.2) is 12.5 Å². The van der Waals surface area contributed by atoms with Gasteiger partial charge in [-0.2, -0.15) is 0 Å². The highest BCUT2D eigenvalue weighted by molar-refractivity contribution is 6.05. The first kappa shape index (κ1) is 14.9. The van der Waals surface area contributed by atoms with Crippen LogP contribution in [0.5, 0.6) is 0 Å². The van der Waals surface area contributed by atoms with Crippen LogP contribution in [0.25, 0.3) is 0 Å². The van der Waals surface area contributed by atoms with Crippen molar-refractivity contribution in [3.63, 3.8) is 0 Å². The van der Waals surface area contributed by atoms with Crippen LogP contribution in [0.2, 0.25) is 0 Å². The fourth-order valence-electron chi connectivity index (χ4n) is 2.00. The Morgan fingerprint density at radius 2 is 2.19 bits per heavy atom. The normalized spacial score (nSPS) is 9.86. The fraction of sp³-hybridized carbons (Fsp3) is 0.235. The van der Waals surface area contributed by atoms with E-state index in [-0.39, 0.29) is 5.91 Å². The van der Waals surface area contributed by atoms with Gasteiger partial charge in [0.25, 0.3) is 5.91 Å². The second-order valence-electron chi connectivity index (χ2n) is 4.60. The van der Waals surface area contributed by atoms with Crippen LogP contribution in [0, 0.1) is 18.8 Å². The zero-order chi connectivity index (χ0) is 15.2. The number of hydrogen-bond acceptors (Lipinski definition) is 3. The molecule has 0 spiro atoms. The van der Waals surface area contributed by atoms with Gasteiger partial charge in [0.15, 0.2) is 0 Å². The summed E-state index contributed by atoms with van der Waals surface area (Å²) < 4.78 is 5.27. The molecule has 21 heavy (non-hydrogen) atoms. The van der Waals surface area contributed by atoms with Gasteiger partial charge in [-0.05, 0) is 30.7 Å². The molecule has 0 saturated carbocycles. The first-order valence-electron chi connectivity index (χ1n) is 6.83. The van der Waals surface area contributed by atoms with Gasteiger partial charge in [0, 0.05) is 17.7 Å². The highest BCUT2D eigenvalue weighted by atomic mass is 16.3. The maximum Gasteiger partial charge on any atom is 0.259 e. The van der Waals surface area contributed by atoms with Gasteiger partial charge in [0.05, 0.1) is 18.4 Å². The lowest BCUT2D eigenvalue weighted by Crippen LogP contribution is -2.13. The Balaban J connectivity index is 2.22. The molecule has 1 aromatic carbocycles. The van der Waals surface area contributed by atoms with E-state index in [1.54, 1.807) is 6.07 Å². The van der Waals surface area contributed by atoms with Gasteiger partial charge in [0.1, 0.15) is 5.76 Å². The van der Waals surface area contributed by atoms with E-state index >= 15 is 0 Å². The van der Waals surface area contributed by atoms with E-state index < -0.39 is 0 Å². The summed E-state index contributed by atoms with van der Waals surface area (Å²) in [4.78, 5) is 12.2. The van der Waals surface area contributed by atoms with Crippen LogP contribution in [0.3, 0.4) is 0 Å². The molecule has 0 bridgehead atoms. The number of benzene rings is 1. The molecule has 4 heteroatoms. The number of anilines is 1. The Morgan fingerprint density at radius 1 is 1.38 bits per heavy atom. The minimum Gasteiger partial charge on any atom is -0.469 e. The number of carbonyl (C=O) groups is 1. The molecule has 0 unspecified atom stereocenters. The molecular weight excluding hydrogens is 264 g/mol. The lowest BCUT2D eigenvalue weighted by molar-refractivity contribution is 0.102. The summed E-state index contributed by atoms with van der Waals surface area (Å²) in [5.74, 6) is 6.33. The number of hydrogen-bond donors (Lipinski definition) is 2. The van der Waals surface area contributed by atoms with Gasteiger partial charge in [0.2, 0.25) is 0 Å². The van der Waals surface area contributed by atoms with Gasteiger partial charge in [-0.15, -0.1) is 0 Å². The molecule has 3 N–H and O–H groups in total. The molecule has 0 aliphatic heterocycles. The van der Waals surface area contributed by atoms with Gasteiger partial charge in [-0.1, -0.05) is 24.8 Å². The number of rotatable bonds is 3. The molecule has 0 aliphatic rings. The summed E-state index contributed by atoms with van der Waals surface area (Å²) >= 11 is 0. The average molecular weight is 282 g/mol. The SMILES string of the molecule is CCc1occc1C(=O)Nc1ccc(C)c(C#CCN)c1. The molecule has 1 amide bonds. The predicted molar refractivity (Wildman–Crippen MR) is 83.2 cm³/mol. The van der Waals surface area contributed by atoms with Crippen LogP contribution < -0.4 is 11.1 Å². The Hall–Kier alpha value is -2.51. The molecule has 0 saturated heterocycles. The molecule has 0 radical (unpaired) electrons. The number of nitrogens with two attached hydrogens (primary N) is 1. The monoisotopic (exact) mass is 282 g/mol. The molecule has 2 rings (SSSR count). The largest absolute Gasteiger partial charge is 0.469 e. The molecule has 0 atom stereocenters. The van der Waals surface area contributed by atoms with Crippen LogP contribution in [0.1, 0.15) is 34.2 Å². The first-order chi connectivity index (χ1) is 10.2. The second-order valence-corrected chi connectivity index (χ2v) is 4.60. The smallest absolute Gasteiger partial charge is 0.259 e. The molecule has 2 aromatic rings. The summed E-state index contributed by atoms with van der Waals surface area (Å²) in [6.07, 6.45) is 2.21. The van der Waals surface area contributed by atoms with Gasteiger partial charge < -0.3 is 15.5 Å². The summed E-state index contributed by atoms with van der Waals surface area (Å²) in [6.45, 7) is 4.23. The van der Waals surface area contributed by atoms with Crippen molar-refractivity contribution in [2.24, 2.45) is 5.73 Å². The third kappa shape index (κ3) is 3.53. The molecule has 0 fully saturated rings. The van der Waals surface area contributed by atoms with E-state index in [0.29, 0.717) is 30.0 Å². The molecule has 1 aromatic heterocycles. The highest BCUT2D eigenvalue weighted by Crippen LogP contribution is 2.17. The van der Waals surface area contributed by atoms with Crippen molar-refractivity contribution < 1.29 is 9.21 Å². The first-order valence-corrected chi connectivity index (χ1v) is 6.83. The van der Waals surface area contributed by atoms with Crippen LogP contribution in [0.4, 0.5) is 5.69 Å². The molecule has 0 aliphatic carbocycles. The third-order valence-corrected chi connectivity index (χ3v) is 3.13. The molecule has 108 valence electrons. The maximum absolute atomic E-state index is 12.2. The standard InChI is InChI=1S/C17H18N2O2/c1-3-16-15(8-10-21-16)17(20)19-14-7-6-12(2)13(11-14)5-4-9-18/h6-8,10-11H,3,9,18H2,1-2H3,(H,19,20). The minimum absolute atomic E-state index is 0.179. The molecule has 4 nitrogen and oxygen atoms in total.